The van der Waals surface area contributed by atoms with Gasteiger partial charge < -0.3 is 9.73 Å². The second-order valence-corrected chi connectivity index (χ2v) is 7.73. The van der Waals surface area contributed by atoms with Crippen LogP contribution in [0.3, 0.4) is 0 Å². The third-order valence-electron chi connectivity index (χ3n) is 4.82. The monoisotopic (exact) mass is 420 g/mol. The number of hydrogen-bond acceptors (Lipinski definition) is 6. The number of anilines is 1. The quantitative estimate of drug-likeness (QED) is 0.504. The number of carbonyl (C=O) groups excluding carboxylic acids is 2. The van der Waals surface area contributed by atoms with Gasteiger partial charge in [-0.25, -0.2) is 4.98 Å². The molecule has 7 nitrogen and oxygen atoms in total. The van der Waals surface area contributed by atoms with E-state index in [9.17, 15) is 9.59 Å². The number of nitrogens with one attached hydrogen (secondary N) is 2. The molecule has 0 saturated carbocycles. The lowest BCUT2D eigenvalue weighted by Gasteiger charge is -2.14. The lowest BCUT2D eigenvalue weighted by atomic mass is 10.00. The molecule has 2 N–H and O–H groups in total. The Bertz CT molecular complexity index is 1070. The van der Waals surface area contributed by atoms with Gasteiger partial charge in [0, 0.05) is 17.7 Å². The minimum Gasteiger partial charge on any atom is -0.447 e. The van der Waals surface area contributed by atoms with Crippen molar-refractivity contribution in [3.63, 3.8) is 0 Å². The molecule has 0 unspecified atom stereocenters. The standard InChI is InChI=1S/C24H28N4O3/c1-5-17-7-6-8-18(9-17)19-10-20(23(26-11-19)24(30)15(2)3)28-21(29)12-25-13-22-27-16(4)14-31-22/h6-11,14-15,25H,5,12-13H2,1-4H3,(H,28,29). The van der Waals surface area contributed by atoms with Crippen molar-refractivity contribution in [3.05, 3.63) is 65.6 Å². The second kappa shape index (κ2) is 10.1. The van der Waals surface area contributed by atoms with Gasteiger partial charge in [0.2, 0.25) is 11.8 Å². The van der Waals surface area contributed by atoms with Gasteiger partial charge in [-0.1, -0.05) is 45.0 Å². The summed E-state index contributed by atoms with van der Waals surface area (Å²) in [6.45, 7) is 7.94. The number of aromatic nitrogens is 2. The van der Waals surface area contributed by atoms with Crippen LogP contribution in [0.2, 0.25) is 0 Å². The van der Waals surface area contributed by atoms with Crippen molar-refractivity contribution in [3.8, 4) is 11.1 Å². The fraction of sp³-hybridized carbons (Fsp3) is 0.333. The van der Waals surface area contributed by atoms with Crippen LogP contribution in [0.5, 0.6) is 0 Å². The Kier molecular flexibility index (Phi) is 7.31. The first kappa shape index (κ1) is 22.4. The molecule has 0 bridgehead atoms. The maximum Gasteiger partial charge on any atom is 0.238 e. The molecule has 0 atom stereocenters. The van der Waals surface area contributed by atoms with Crippen LogP contribution in [-0.2, 0) is 17.8 Å². The first-order valence-corrected chi connectivity index (χ1v) is 10.4. The first-order valence-electron chi connectivity index (χ1n) is 10.4. The van der Waals surface area contributed by atoms with Crippen LogP contribution in [-0.4, -0.2) is 28.2 Å². The Morgan fingerprint density at radius 1 is 1.16 bits per heavy atom. The Balaban J connectivity index is 1.79. The summed E-state index contributed by atoms with van der Waals surface area (Å²) in [7, 11) is 0. The van der Waals surface area contributed by atoms with E-state index in [1.165, 1.54) is 5.56 Å². The summed E-state index contributed by atoms with van der Waals surface area (Å²) in [5.74, 6) is -0.112. The SMILES string of the molecule is CCc1cccc(-c2cnc(C(=O)C(C)C)c(NC(=O)CNCc3nc(C)co3)c2)c1. The fourth-order valence-corrected chi connectivity index (χ4v) is 3.12. The van der Waals surface area contributed by atoms with Gasteiger partial charge in [0.1, 0.15) is 12.0 Å². The number of ketones is 1. The molecule has 1 aromatic carbocycles. The molecule has 0 aliphatic rings. The molecule has 0 saturated heterocycles. The van der Waals surface area contributed by atoms with Crippen LogP contribution in [0, 0.1) is 12.8 Å². The number of aryl methyl sites for hydroxylation is 2. The highest BCUT2D eigenvalue weighted by Crippen LogP contribution is 2.26. The number of amides is 1. The third kappa shape index (κ3) is 5.86. The number of oxazole rings is 1. The van der Waals surface area contributed by atoms with Crippen LogP contribution in [0.4, 0.5) is 5.69 Å². The van der Waals surface area contributed by atoms with Crippen LogP contribution in [0.15, 0.2) is 47.2 Å². The van der Waals surface area contributed by atoms with Crippen molar-refractivity contribution in [2.75, 3.05) is 11.9 Å². The Labute approximate surface area is 182 Å². The van der Waals surface area contributed by atoms with Gasteiger partial charge in [-0.2, -0.15) is 0 Å². The van der Waals surface area contributed by atoms with Gasteiger partial charge in [0.05, 0.1) is 24.5 Å². The topological polar surface area (TPSA) is 97.1 Å². The average molecular weight is 421 g/mol. The number of rotatable bonds is 9. The molecule has 3 aromatic rings. The van der Waals surface area contributed by atoms with E-state index >= 15 is 0 Å². The molecule has 0 aliphatic carbocycles. The second-order valence-electron chi connectivity index (χ2n) is 7.73. The summed E-state index contributed by atoms with van der Waals surface area (Å²) in [6.07, 6.45) is 4.17. The minimum absolute atomic E-state index is 0.0479. The molecule has 1 amide bonds. The number of Topliss-reactive ketones (excluding diaryl/α,β-unsaturated/α-hetero) is 1. The molecule has 31 heavy (non-hydrogen) atoms. The largest absolute Gasteiger partial charge is 0.447 e. The number of hydrogen-bond donors (Lipinski definition) is 2. The molecule has 3 rings (SSSR count). The molecule has 0 radical (unpaired) electrons. The smallest absolute Gasteiger partial charge is 0.238 e. The summed E-state index contributed by atoms with van der Waals surface area (Å²) < 4.78 is 5.26. The highest BCUT2D eigenvalue weighted by molar-refractivity contribution is 6.05. The zero-order chi connectivity index (χ0) is 22.4. The van der Waals surface area contributed by atoms with Gasteiger partial charge in [-0.05, 0) is 30.5 Å². The molecule has 162 valence electrons. The number of benzene rings is 1. The minimum atomic E-state index is -0.276. The molecule has 0 aliphatic heterocycles. The average Bonchev–Trinajstić information content (AvgIpc) is 3.18. The van der Waals surface area contributed by atoms with Crippen molar-refractivity contribution in [2.45, 2.75) is 40.7 Å². The summed E-state index contributed by atoms with van der Waals surface area (Å²) >= 11 is 0. The van der Waals surface area contributed by atoms with Crippen molar-refractivity contribution >= 4 is 17.4 Å². The summed E-state index contributed by atoms with van der Waals surface area (Å²) in [4.78, 5) is 33.8. The number of pyridine rings is 1. The fourth-order valence-electron chi connectivity index (χ4n) is 3.12. The van der Waals surface area contributed by atoms with E-state index in [2.05, 4.69) is 39.7 Å². The van der Waals surface area contributed by atoms with Crippen LogP contribution < -0.4 is 10.6 Å². The van der Waals surface area contributed by atoms with E-state index in [4.69, 9.17) is 4.42 Å². The molecule has 2 heterocycles. The third-order valence-corrected chi connectivity index (χ3v) is 4.82. The first-order chi connectivity index (χ1) is 14.9. The molecular formula is C24H28N4O3. The van der Waals surface area contributed by atoms with Crippen molar-refractivity contribution in [1.29, 1.82) is 0 Å². The molecule has 0 fully saturated rings. The van der Waals surface area contributed by atoms with Crippen molar-refractivity contribution < 1.29 is 14.0 Å². The predicted octanol–water partition coefficient (Wildman–Crippen LogP) is 4.17. The zero-order valence-corrected chi connectivity index (χ0v) is 18.4. The summed E-state index contributed by atoms with van der Waals surface area (Å²) in [5, 5.41) is 5.83. The van der Waals surface area contributed by atoms with Gasteiger partial charge >= 0.3 is 0 Å². The van der Waals surface area contributed by atoms with Crippen LogP contribution in [0.25, 0.3) is 11.1 Å². The van der Waals surface area contributed by atoms with Crippen molar-refractivity contribution in [2.24, 2.45) is 5.92 Å². The number of carbonyl (C=O) groups is 2. The molecule has 2 aromatic heterocycles. The van der Waals surface area contributed by atoms with Crippen LogP contribution in [0.1, 0.15) is 48.4 Å². The maximum atomic E-state index is 12.6. The van der Waals surface area contributed by atoms with E-state index in [0.717, 1.165) is 23.2 Å². The van der Waals surface area contributed by atoms with E-state index < -0.39 is 0 Å². The maximum absolute atomic E-state index is 12.6. The Morgan fingerprint density at radius 2 is 1.97 bits per heavy atom. The molecule has 7 heteroatoms. The summed E-state index contributed by atoms with van der Waals surface area (Å²) in [6, 6.07) is 9.95. The van der Waals surface area contributed by atoms with Gasteiger partial charge in [-0.3, -0.25) is 19.9 Å². The lowest BCUT2D eigenvalue weighted by molar-refractivity contribution is -0.115. The Morgan fingerprint density at radius 3 is 2.65 bits per heavy atom. The predicted molar refractivity (Wildman–Crippen MR) is 120 cm³/mol. The Hall–Kier alpha value is -3.32. The van der Waals surface area contributed by atoms with Crippen molar-refractivity contribution in [1.82, 2.24) is 15.3 Å². The highest BCUT2D eigenvalue weighted by atomic mass is 16.3. The van der Waals surface area contributed by atoms with E-state index in [0.29, 0.717) is 18.1 Å². The lowest BCUT2D eigenvalue weighted by Crippen LogP contribution is -2.29. The van der Waals surface area contributed by atoms with Gasteiger partial charge in [-0.15, -0.1) is 0 Å². The van der Waals surface area contributed by atoms with E-state index in [1.807, 2.05) is 39.0 Å². The van der Waals surface area contributed by atoms with Crippen LogP contribution >= 0.6 is 0 Å². The molecular weight excluding hydrogens is 392 g/mol. The zero-order valence-electron chi connectivity index (χ0n) is 18.4. The van der Waals surface area contributed by atoms with Gasteiger partial charge in [0.15, 0.2) is 5.78 Å². The van der Waals surface area contributed by atoms with E-state index in [1.54, 1.807) is 12.5 Å². The molecule has 0 spiro atoms. The number of nitrogens with zero attached hydrogens (tertiary/aromatic N) is 2. The summed E-state index contributed by atoms with van der Waals surface area (Å²) in [5.41, 5.74) is 4.50. The van der Waals surface area contributed by atoms with Gasteiger partial charge in [0.25, 0.3) is 0 Å². The highest BCUT2D eigenvalue weighted by Gasteiger charge is 2.19. The van der Waals surface area contributed by atoms with E-state index in [-0.39, 0.29) is 29.8 Å². The normalized spacial score (nSPS) is 11.0.